The Labute approximate surface area is 284 Å². The van der Waals surface area contributed by atoms with Crippen LogP contribution in [0.25, 0.3) is 0 Å². The van der Waals surface area contributed by atoms with Crippen LogP contribution in [0.2, 0.25) is 0 Å². The van der Waals surface area contributed by atoms with E-state index in [1.807, 2.05) is 12.1 Å². The Kier molecular flexibility index (Phi) is 16.9. The highest BCUT2D eigenvalue weighted by molar-refractivity contribution is 5.49. The number of quaternary nitrogens is 2. The van der Waals surface area contributed by atoms with Gasteiger partial charge in [-0.25, -0.2) is 0 Å². The molecule has 0 bridgehead atoms. The van der Waals surface area contributed by atoms with E-state index in [1.54, 1.807) is 0 Å². The zero-order valence-corrected chi connectivity index (χ0v) is 30.1. The summed E-state index contributed by atoms with van der Waals surface area (Å²) in [5.74, 6) is 0. The van der Waals surface area contributed by atoms with E-state index in [0.29, 0.717) is 59.3 Å². The average Bonchev–Trinajstić information content (AvgIpc) is 3.03. The molecule has 0 radical (unpaired) electrons. The molecule has 0 aliphatic heterocycles. The lowest BCUT2D eigenvalue weighted by Gasteiger charge is -2.33. The molecule has 0 N–H and O–H groups in total. The highest BCUT2D eigenvalue weighted by atomic mass is 16.5. The van der Waals surface area contributed by atoms with Gasteiger partial charge in [-0.3, -0.25) is 0 Å². The Bertz CT molecular complexity index is 1230. The molecule has 0 spiro atoms. The van der Waals surface area contributed by atoms with Crippen molar-refractivity contribution in [1.29, 1.82) is 0 Å². The number of hydrogen-bond acceptors (Lipinski definition) is 6. The Balaban J connectivity index is 1.68. The van der Waals surface area contributed by atoms with Crippen molar-refractivity contribution >= 4 is 5.69 Å². The molecular formula is C39H61N3O5+2. The van der Waals surface area contributed by atoms with Crippen LogP contribution in [0, 0.1) is 6.92 Å². The van der Waals surface area contributed by atoms with Gasteiger partial charge in [0.2, 0.25) is 0 Å². The predicted octanol–water partition coefficient (Wildman–Crippen LogP) is 5.78. The summed E-state index contributed by atoms with van der Waals surface area (Å²) >= 11 is 0. The van der Waals surface area contributed by atoms with Crippen LogP contribution in [0.1, 0.15) is 28.9 Å². The molecule has 0 amide bonds. The molecule has 0 saturated carbocycles. The molecule has 2 atom stereocenters. The molecule has 2 unspecified atom stereocenters. The van der Waals surface area contributed by atoms with Crippen molar-refractivity contribution in [3.63, 3.8) is 0 Å². The van der Waals surface area contributed by atoms with Crippen LogP contribution in [0.3, 0.4) is 0 Å². The lowest BCUT2D eigenvalue weighted by atomic mass is 10.1. The summed E-state index contributed by atoms with van der Waals surface area (Å²) in [5.41, 5.74) is 4.63. The summed E-state index contributed by atoms with van der Waals surface area (Å²) in [6.07, 6.45) is -0.299. The topological polar surface area (TPSA) is 49.4 Å². The second-order valence-electron chi connectivity index (χ2n) is 14.1. The van der Waals surface area contributed by atoms with Crippen LogP contribution in [-0.4, -0.2) is 130 Å². The maximum absolute atomic E-state index is 6.56. The van der Waals surface area contributed by atoms with Crippen LogP contribution in [-0.2, 0) is 23.7 Å². The Morgan fingerprint density at radius 3 is 1.36 bits per heavy atom. The summed E-state index contributed by atoms with van der Waals surface area (Å²) in [4.78, 5) is 2.39. The molecule has 0 fully saturated rings. The van der Waals surface area contributed by atoms with Crippen molar-refractivity contribution < 1.29 is 32.7 Å². The smallest absolute Gasteiger partial charge is 0.102 e. The standard InChI is InChI=1S/C39H61N3O5/c1-34-15-14-20-37(31-34)40(32-38(35-16-10-8-11-17-35)46-29-27-44-24-22-42(5,6)7)33-39(36-18-12-9-13-19-36)47-30-28-45-26-25-43-23-21-41(2,3)4/h8-20,31,38-39H,21-30,32-33H2,1-7H3/q+2. The predicted molar refractivity (Wildman–Crippen MR) is 192 cm³/mol. The minimum atomic E-state index is -0.156. The Hall–Kier alpha value is -2.82. The molecule has 0 aliphatic rings. The summed E-state index contributed by atoms with van der Waals surface area (Å²) in [5, 5.41) is 0. The first-order valence-corrected chi connectivity index (χ1v) is 17.0. The van der Waals surface area contributed by atoms with E-state index in [4.69, 9.17) is 23.7 Å². The third kappa shape index (κ3) is 16.7. The molecule has 8 heteroatoms. The van der Waals surface area contributed by atoms with Gasteiger partial charge in [-0.1, -0.05) is 72.8 Å². The monoisotopic (exact) mass is 651 g/mol. The number of nitrogens with zero attached hydrogens (tertiary/aromatic N) is 3. The third-order valence-corrected chi connectivity index (χ3v) is 7.76. The van der Waals surface area contributed by atoms with Gasteiger partial charge in [-0.2, -0.15) is 0 Å². The fourth-order valence-corrected chi connectivity index (χ4v) is 4.95. The van der Waals surface area contributed by atoms with Crippen molar-refractivity contribution in [2.45, 2.75) is 19.1 Å². The quantitative estimate of drug-likeness (QED) is 0.0905. The van der Waals surface area contributed by atoms with Crippen LogP contribution in [0.15, 0.2) is 84.9 Å². The van der Waals surface area contributed by atoms with Gasteiger partial charge in [0, 0.05) is 18.8 Å². The van der Waals surface area contributed by atoms with E-state index in [0.717, 1.165) is 45.5 Å². The first-order chi connectivity index (χ1) is 22.5. The largest absolute Gasteiger partial charge is 0.377 e. The molecule has 260 valence electrons. The van der Waals surface area contributed by atoms with E-state index in [-0.39, 0.29) is 12.2 Å². The Morgan fingerprint density at radius 1 is 0.511 bits per heavy atom. The van der Waals surface area contributed by atoms with Crippen molar-refractivity contribution in [2.75, 3.05) is 126 Å². The molecule has 0 heterocycles. The summed E-state index contributed by atoms with van der Waals surface area (Å²) in [7, 11) is 13.0. The molecule has 0 aliphatic carbocycles. The molecule has 3 aromatic rings. The zero-order chi connectivity index (χ0) is 34.0. The number of ether oxygens (including phenoxy) is 5. The van der Waals surface area contributed by atoms with Crippen molar-refractivity contribution in [1.82, 2.24) is 0 Å². The lowest BCUT2D eigenvalue weighted by molar-refractivity contribution is -0.870. The van der Waals surface area contributed by atoms with Gasteiger partial charge in [0.15, 0.2) is 0 Å². The van der Waals surface area contributed by atoms with E-state index in [1.165, 1.54) is 5.56 Å². The molecule has 8 nitrogen and oxygen atoms in total. The van der Waals surface area contributed by atoms with E-state index < -0.39 is 0 Å². The van der Waals surface area contributed by atoms with Crippen LogP contribution in [0.4, 0.5) is 5.69 Å². The van der Waals surface area contributed by atoms with Crippen molar-refractivity contribution in [2.24, 2.45) is 0 Å². The molecule has 47 heavy (non-hydrogen) atoms. The maximum Gasteiger partial charge on any atom is 0.102 e. The third-order valence-electron chi connectivity index (χ3n) is 7.76. The molecule has 3 aromatic carbocycles. The van der Waals surface area contributed by atoms with Crippen LogP contribution < -0.4 is 4.90 Å². The number of benzene rings is 3. The van der Waals surface area contributed by atoms with E-state index >= 15 is 0 Å². The number of anilines is 1. The fourth-order valence-electron chi connectivity index (χ4n) is 4.95. The summed E-state index contributed by atoms with van der Waals surface area (Å²) in [6, 6.07) is 29.6. The zero-order valence-electron chi connectivity index (χ0n) is 30.1. The molecular weight excluding hydrogens is 590 g/mol. The second-order valence-corrected chi connectivity index (χ2v) is 14.1. The van der Waals surface area contributed by atoms with Gasteiger partial charge in [0.1, 0.15) is 25.3 Å². The van der Waals surface area contributed by atoms with Gasteiger partial charge < -0.3 is 37.6 Å². The van der Waals surface area contributed by atoms with Crippen LogP contribution in [0.5, 0.6) is 0 Å². The fraction of sp³-hybridized carbons (Fsp3) is 0.538. The molecule has 0 aromatic heterocycles. The van der Waals surface area contributed by atoms with Gasteiger partial charge in [0.05, 0.1) is 95.1 Å². The maximum atomic E-state index is 6.56. The number of aryl methyl sites for hydroxylation is 1. The average molecular weight is 652 g/mol. The highest BCUT2D eigenvalue weighted by Crippen LogP contribution is 2.28. The summed E-state index contributed by atoms with van der Waals surface area (Å²) < 4.78 is 32.4. The number of rotatable bonds is 24. The Morgan fingerprint density at radius 2 is 0.936 bits per heavy atom. The number of likely N-dealkylation sites (N-methyl/N-ethyl adjacent to an activating group) is 2. The number of hydrogen-bond donors (Lipinski definition) is 0. The molecule has 0 saturated heterocycles. The molecule has 3 rings (SSSR count). The SMILES string of the molecule is Cc1cccc(N(CC(OCCOCCOCC[N+](C)(C)C)c2ccccc2)CC(OCCOCC[N+](C)(C)C)c2ccccc2)c1. The van der Waals surface area contributed by atoms with E-state index in [2.05, 4.69) is 127 Å². The van der Waals surface area contributed by atoms with E-state index in [9.17, 15) is 0 Å². The van der Waals surface area contributed by atoms with Gasteiger partial charge >= 0.3 is 0 Å². The lowest BCUT2D eigenvalue weighted by Crippen LogP contribution is -2.37. The van der Waals surface area contributed by atoms with Gasteiger partial charge in [-0.05, 0) is 35.7 Å². The highest BCUT2D eigenvalue weighted by Gasteiger charge is 2.23. The van der Waals surface area contributed by atoms with Crippen molar-refractivity contribution in [3.8, 4) is 0 Å². The van der Waals surface area contributed by atoms with Gasteiger partial charge in [-0.15, -0.1) is 0 Å². The minimum absolute atomic E-state index is 0.143. The normalized spacial score (nSPS) is 13.4. The first-order valence-electron chi connectivity index (χ1n) is 17.0. The van der Waals surface area contributed by atoms with Gasteiger partial charge in [0.25, 0.3) is 0 Å². The van der Waals surface area contributed by atoms with Crippen LogP contribution >= 0.6 is 0 Å². The second kappa shape index (κ2) is 20.5. The first kappa shape index (κ1) is 38.6. The minimum Gasteiger partial charge on any atom is -0.377 e. The summed E-state index contributed by atoms with van der Waals surface area (Å²) in [6.45, 7) is 10.1. The van der Waals surface area contributed by atoms with Crippen molar-refractivity contribution in [3.05, 3.63) is 102 Å².